The number of azide groups is 1. The molecule has 1 aromatic rings. The third-order valence-corrected chi connectivity index (χ3v) is 3.35. The molecule has 0 saturated carbocycles. The fourth-order valence-electron chi connectivity index (χ4n) is 2.36. The van der Waals surface area contributed by atoms with E-state index >= 15 is 0 Å². The van der Waals surface area contributed by atoms with Crippen LogP contribution in [0.2, 0.25) is 0 Å². The van der Waals surface area contributed by atoms with Crippen LogP contribution in [0.4, 0.5) is 0 Å². The van der Waals surface area contributed by atoms with Gasteiger partial charge in [0.2, 0.25) is 0 Å². The van der Waals surface area contributed by atoms with Crippen LogP contribution < -0.4 is 0 Å². The van der Waals surface area contributed by atoms with E-state index in [9.17, 15) is 4.79 Å². The van der Waals surface area contributed by atoms with Crippen molar-refractivity contribution in [2.45, 2.75) is 38.4 Å². The van der Waals surface area contributed by atoms with E-state index in [1.54, 1.807) is 13.8 Å². The van der Waals surface area contributed by atoms with Crippen LogP contribution in [-0.2, 0) is 30.3 Å². The highest BCUT2D eigenvalue weighted by atomic mass is 16.8. The Kier molecular flexibility index (Phi) is 6.57. The first kappa shape index (κ1) is 18.2. The lowest BCUT2D eigenvalue weighted by atomic mass is 10.2. The van der Waals surface area contributed by atoms with Gasteiger partial charge in [0.1, 0.15) is 19.3 Å². The highest BCUT2D eigenvalue weighted by molar-refractivity contribution is 5.70. The molecule has 130 valence electrons. The van der Waals surface area contributed by atoms with Crippen molar-refractivity contribution in [2.24, 2.45) is 5.11 Å². The first-order valence-electron chi connectivity index (χ1n) is 7.64. The minimum Gasteiger partial charge on any atom is -0.459 e. The third kappa shape index (κ3) is 5.82. The molecule has 0 aromatic heterocycles. The highest BCUT2D eigenvalue weighted by Crippen LogP contribution is 2.28. The van der Waals surface area contributed by atoms with Gasteiger partial charge in [-0.25, -0.2) is 4.79 Å². The number of benzene rings is 1. The Labute approximate surface area is 140 Å². The molecule has 2 rings (SSSR count). The van der Waals surface area contributed by atoms with Gasteiger partial charge in [-0.2, -0.15) is 0 Å². The molecular formula is C16H21N3O5. The SMILES string of the molecule is CC1(C)O[C@H](CN=[N+]=[N-])[C@@H](COCC(=O)OCc2ccccc2)O1. The van der Waals surface area contributed by atoms with Gasteiger partial charge in [0.05, 0.1) is 19.3 Å². The van der Waals surface area contributed by atoms with Gasteiger partial charge >= 0.3 is 5.97 Å². The second-order valence-corrected chi connectivity index (χ2v) is 5.79. The second-order valence-electron chi connectivity index (χ2n) is 5.79. The fourth-order valence-corrected chi connectivity index (χ4v) is 2.36. The summed E-state index contributed by atoms with van der Waals surface area (Å²) in [6, 6.07) is 9.40. The molecule has 24 heavy (non-hydrogen) atoms. The van der Waals surface area contributed by atoms with Crippen molar-refractivity contribution >= 4 is 5.97 Å². The zero-order valence-electron chi connectivity index (χ0n) is 13.8. The molecule has 1 saturated heterocycles. The predicted molar refractivity (Wildman–Crippen MR) is 84.9 cm³/mol. The molecule has 1 fully saturated rings. The Morgan fingerprint density at radius 1 is 1.29 bits per heavy atom. The Morgan fingerprint density at radius 3 is 2.71 bits per heavy atom. The largest absolute Gasteiger partial charge is 0.459 e. The number of carbonyl (C=O) groups excluding carboxylic acids is 1. The van der Waals surface area contributed by atoms with Crippen molar-refractivity contribution in [3.8, 4) is 0 Å². The van der Waals surface area contributed by atoms with Gasteiger partial charge in [-0.1, -0.05) is 35.4 Å². The molecule has 0 radical (unpaired) electrons. The summed E-state index contributed by atoms with van der Waals surface area (Å²) >= 11 is 0. The highest BCUT2D eigenvalue weighted by Gasteiger charge is 2.40. The zero-order chi connectivity index (χ0) is 17.4. The third-order valence-electron chi connectivity index (χ3n) is 3.35. The average Bonchev–Trinajstić information content (AvgIpc) is 2.86. The van der Waals surface area contributed by atoms with Crippen molar-refractivity contribution in [1.29, 1.82) is 0 Å². The van der Waals surface area contributed by atoms with Crippen molar-refractivity contribution in [3.63, 3.8) is 0 Å². The van der Waals surface area contributed by atoms with E-state index in [4.69, 9.17) is 24.5 Å². The van der Waals surface area contributed by atoms with E-state index in [1.165, 1.54) is 0 Å². The lowest BCUT2D eigenvalue weighted by molar-refractivity contribution is -0.157. The van der Waals surface area contributed by atoms with Gasteiger partial charge in [-0.3, -0.25) is 0 Å². The minimum atomic E-state index is -0.780. The minimum absolute atomic E-state index is 0.145. The molecule has 1 aromatic carbocycles. The maximum absolute atomic E-state index is 11.7. The van der Waals surface area contributed by atoms with E-state index in [-0.39, 0.29) is 26.4 Å². The molecule has 8 nitrogen and oxygen atoms in total. The summed E-state index contributed by atoms with van der Waals surface area (Å²) in [5.41, 5.74) is 9.33. The molecule has 1 aliphatic heterocycles. The quantitative estimate of drug-likeness (QED) is 0.314. The van der Waals surface area contributed by atoms with Crippen LogP contribution in [0.5, 0.6) is 0 Å². The van der Waals surface area contributed by atoms with Crippen LogP contribution in [-0.4, -0.2) is 43.7 Å². The van der Waals surface area contributed by atoms with Gasteiger partial charge in [0, 0.05) is 4.91 Å². The summed E-state index contributed by atoms with van der Waals surface area (Å²) in [6.07, 6.45) is -0.816. The van der Waals surface area contributed by atoms with E-state index in [1.807, 2.05) is 30.3 Å². The maximum atomic E-state index is 11.7. The lowest BCUT2D eigenvalue weighted by Gasteiger charge is -2.16. The lowest BCUT2D eigenvalue weighted by Crippen LogP contribution is -2.31. The van der Waals surface area contributed by atoms with Crippen molar-refractivity contribution in [3.05, 3.63) is 46.3 Å². The van der Waals surface area contributed by atoms with Crippen LogP contribution >= 0.6 is 0 Å². The summed E-state index contributed by atoms with van der Waals surface area (Å²) in [4.78, 5) is 14.4. The first-order chi connectivity index (χ1) is 11.5. The molecule has 1 aliphatic rings. The standard InChI is InChI=1S/C16H21N3O5/c1-16(2)23-13(8-18-19-17)14(24-16)10-21-11-15(20)22-9-12-6-4-3-5-7-12/h3-7,13-14H,8-11H2,1-2H3/t13-,14-/m1/s1. The summed E-state index contributed by atoms with van der Waals surface area (Å²) < 4.78 is 21.8. The fraction of sp³-hybridized carbons (Fsp3) is 0.562. The Morgan fingerprint density at radius 2 is 2.00 bits per heavy atom. The topological polar surface area (TPSA) is 103 Å². The average molecular weight is 335 g/mol. The molecule has 0 N–H and O–H groups in total. The number of esters is 1. The molecule has 0 amide bonds. The van der Waals surface area contributed by atoms with Crippen LogP contribution in [0.15, 0.2) is 35.4 Å². The van der Waals surface area contributed by atoms with Crippen LogP contribution in [0.25, 0.3) is 10.4 Å². The Balaban J connectivity index is 1.71. The van der Waals surface area contributed by atoms with Crippen molar-refractivity contribution in [1.82, 2.24) is 0 Å². The first-order valence-corrected chi connectivity index (χ1v) is 7.64. The number of ether oxygens (including phenoxy) is 4. The van der Waals surface area contributed by atoms with Crippen LogP contribution in [0.3, 0.4) is 0 Å². The van der Waals surface area contributed by atoms with Gasteiger partial charge in [0.15, 0.2) is 5.79 Å². The van der Waals surface area contributed by atoms with Gasteiger partial charge in [0.25, 0.3) is 0 Å². The Bertz CT molecular complexity index is 587. The molecule has 0 unspecified atom stereocenters. The Hall–Kier alpha value is -2.12. The summed E-state index contributed by atoms with van der Waals surface area (Å²) in [5.74, 6) is -1.24. The summed E-state index contributed by atoms with van der Waals surface area (Å²) in [6.45, 7) is 3.86. The van der Waals surface area contributed by atoms with Crippen molar-refractivity contribution in [2.75, 3.05) is 19.8 Å². The molecular weight excluding hydrogens is 314 g/mol. The number of nitrogens with zero attached hydrogens (tertiary/aromatic N) is 3. The van der Waals surface area contributed by atoms with E-state index in [2.05, 4.69) is 10.0 Å². The number of hydrogen-bond donors (Lipinski definition) is 0. The van der Waals surface area contributed by atoms with Crippen LogP contribution in [0, 0.1) is 0 Å². The van der Waals surface area contributed by atoms with E-state index in [0.29, 0.717) is 0 Å². The predicted octanol–water partition coefficient (Wildman–Crippen LogP) is 2.58. The van der Waals surface area contributed by atoms with Crippen molar-refractivity contribution < 1.29 is 23.7 Å². The molecule has 0 aliphatic carbocycles. The second kappa shape index (κ2) is 8.65. The van der Waals surface area contributed by atoms with Crippen LogP contribution in [0.1, 0.15) is 19.4 Å². The normalized spacial score (nSPS) is 21.9. The van der Waals surface area contributed by atoms with E-state index < -0.39 is 24.0 Å². The zero-order valence-corrected chi connectivity index (χ0v) is 13.8. The van der Waals surface area contributed by atoms with Gasteiger partial charge in [-0.05, 0) is 24.9 Å². The molecule has 0 spiro atoms. The number of hydrogen-bond acceptors (Lipinski definition) is 6. The molecule has 0 bridgehead atoms. The molecule has 2 atom stereocenters. The molecule has 1 heterocycles. The maximum Gasteiger partial charge on any atom is 0.332 e. The number of carbonyl (C=O) groups is 1. The summed E-state index contributed by atoms with van der Waals surface area (Å²) in [7, 11) is 0. The van der Waals surface area contributed by atoms with Gasteiger partial charge < -0.3 is 18.9 Å². The van der Waals surface area contributed by atoms with E-state index in [0.717, 1.165) is 5.56 Å². The monoisotopic (exact) mass is 335 g/mol. The number of rotatable bonds is 8. The molecule has 8 heteroatoms. The summed E-state index contributed by atoms with van der Waals surface area (Å²) in [5, 5.41) is 3.50. The smallest absolute Gasteiger partial charge is 0.332 e. The van der Waals surface area contributed by atoms with Gasteiger partial charge in [-0.15, -0.1) is 0 Å².